The maximum Gasteiger partial charge on any atom is 0.178 e. The Morgan fingerprint density at radius 2 is 0.955 bits per heavy atom. The van der Waals surface area contributed by atoms with Crippen molar-refractivity contribution in [1.29, 1.82) is 0 Å². The summed E-state index contributed by atoms with van der Waals surface area (Å²) in [4.78, 5) is 23.2. The Kier molecular flexibility index (Phi) is 5.37. The number of phenolic OH excluding ortho intramolecular Hbond substituents is 2. The van der Waals surface area contributed by atoms with Gasteiger partial charge >= 0.3 is 0 Å². The molecule has 2 aromatic carbocycles. The number of carbonyl (C=O) groups excluding carboxylic acids is 2. The van der Waals surface area contributed by atoms with Crippen molar-refractivity contribution in [3.63, 3.8) is 0 Å². The molecule has 2 N–H and O–H groups in total. The maximum absolute atomic E-state index is 12.3. The first kappa shape index (κ1) is 16.7. The SMILES string of the molecule is O=C(c1ccc(O)cc1)C(Br)C(Br)C(=O)c1ccc(O)cc1. The quantitative estimate of drug-likeness (QED) is 0.563. The van der Waals surface area contributed by atoms with Crippen LogP contribution in [0.3, 0.4) is 0 Å². The molecule has 0 saturated heterocycles. The molecule has 0 aliphatic rings. The standard InChI is InChI=1S/C16H12Br2O4/c17-13(15(21)9-1-5-11(19)6-2-9)14(18)16(22)10-3-7-12(20)8-4-10/h1-8,13-14,19-20H. The number of phenols is 2. The van der Waals surface area contributed by atoms with E-state index in [4.69, 9.17) is 0 Å². The van der Waals surface area contributed by atoms with Crippen LogP contribution in [0.2, 0.25) is 0 Å². The van der Waals surface area contributed by atoms with E-state index in [1.54, 1.807) is 0 Å². The molecule has 0 heterocycles. The van der Waals surface area contributed by atoms with Gasteiger partial charge in [0.25, 0.3) is 0 Å². The van der Waals surface area contributed by atoms with Gasteiger partial charge in [0, 0.05) is 11.1 Å². The maximum atomic E-state index is 12.3. The molecule has 0 spiro atoms. The summed E-state index contributed by atoms with van der Waals surface area (Å²) in [6, 6.07) is 11.6. The normalized spacial score (nSPS) is 13.4. The number of alkyl halides is 2. The van der Waals surface area contributed by atoms with Crippen molar-refractivity contribution in [2.45, 2.75) is 9.65 Å². The van der Waals surface area contributed by atoms with Crippen molar-refractivity contribution >= 4 is 43.4 Å². The molecule has 0 amide bonds. The van der Waals surface area contributed by atoms with Gasteiger partial charge in [0.15, 0.2) is 11.6 Å². The number of halogens is 2. The third kappa shape index (κ3) is 3.75. The summed E-state index contributed by atoms with van der Waals surface area (Å²) in [7, 11) is 0. The summed E-state index contributed by atoms with van der Waals surface area (Å²) in [6.07, 6.45) is 0. The highest BCUT2D eigenvalue weighted by atomic mass is 79.9. The van der Waals surface area contributed by atoms with Crippen LogP contribution in [0, 0.1) is 0 Å². The number of Topliss-reactive ketones (excluding diaryl/α,β-unsaturated/α-hetero) is 2. The highest BCUT2D eigenvalue weighted by Crippen LogP contribution is 2.24. The van der Waals surface area contributed by atoms with Gasteiger partial charge < -0.3 is 10.2 Å². The molecule has 0 bridgehead atoms. The minimum absolute atomic E-state index is 0.0678. The van der Waals surface area contributed by atoms with E-state index >= 15 is 0 Å². The molecule has 2 unspecified atom stereocenters. The molecule has 2 aromatic rings. The van der Waals surface area contributed by atoms with Crippen LogP contribution >= 0.6 is 31.9 Å². The lowest BCUT2D eigenvalue weighted by molar-refractivity contribution is 0.0934. The van der Waals surface area contributed by atoms with Crippen LogP contribution in [-0.2, 0) is 0 Å². The fourth-order valence-corrected chi connectivity index (χ4v) is 2.84. The van der Waals surface area contributed by atoms with Gasteiger partial charge in [-0.15, -0.1) is 0 Å². The second-order valence-corrected chi connectivity index (χ2v) is 6.60. The van der Waals surface area contributed by atoms with Crippen LogP contribution in [0.4, 0.5) is 0 Å². The third-order valence-electron chi connectivity index (χ3n) is 3.06. The molecule has 22 heavy (non-hydrogen) atoms. The Labute approximate surface area is 144 Å². The van der Waals surface area contributed by atoms with Crippen molar-refractivity contribution in [2.24, 2.45) is 0 Å². The van der Waals surface area contributed by atoms with Crippen molar-refractivity contribution in [3.05, 3.63) is 59.7 Å². The first-order valence-corrected chi connectivity index (χ1v) is 8.18. The summed E-state index contributed by atoms with van der Waals surface area (Å²) in [5.74, 6) is -0.403. The topological polar surface area (TPSA) is 74.6 Å². The summed E-state index contributed by atoms with van der Waals surface area (Å²) < 4.78 is 0. The number of carbonyl (C=O) groups is 2. The second-order valence-electron chi connectivity index (χ2n) is 4.63. The van der Waals surface area contributed by atoms with E-state index in [0.29, 0.717) is 11.1 Å². The molecular weight excluding hydrogens is 416 g/mol. The molecule has 0 aromatic heterocycles. The highest BCUT2D eigenvalue weighted by Gasteiger charge is 2.30. The van der Waals surface area contributed by atoms with E-state index in [0.717, 1.165) is 0 Å². The lowest BCUT2D eigenvalue weighted by Crippen LogP contribution is -2.31. The van der Waals surface area contributed by atoms with Crippen LogP contribution < -0.4 is 0 Å². The van der Waals surface area contributed by atoms with Gasteiger partial charge in [-0.05, 0) is 48.5 Å². The minimum Gasteiger partial charge on any atom is -0.508 e. The molecule has 0 saturated carbocycles. The summed E-state index contributed by atoms with van der Waals surface area (Å²) in [5.41, 5.74) is 0.783. The Morgan fingerprint density at radius 3 is 1.23 bits per heavy atom. The van der Waals surface area contributed by atoms with Crippen molar-refractivity contribution < 1.29 is 19.8 Å². The van der Waals surface area contributed by atoms with Crippen LogP contribution in [0.15, 0.2) is 48.5 Å². The number of ketones is 2. The zero-order chi connectivity index (χ0) is 16.3. The molecule has 6 heteroatoms. The molecular formula is C16H12Br2O4. The van der Waals surface area contributed by atoms with Crippen LogP contribution in [-0.4, -0.2) is 31.4 Å². The monoisotopic (exact) mass is 426 g/mol. The first-order valence-electron chi connectivity index (χ1n) is 6.35. The molecule has 0 radical (unpaired) electrons. The minimum atomic E-state index is -0.752. The van der Waals surface area contributed by atoms with Gasteiger partial charge in [0.1, 0.15) is 11.5 Å². The first-order chi connectivity index (χ1) is 10.4. The number of hydrogen-bond acceptors (Lipinski definition) is 4. The van der Waals surface area contributed by atoms with Gasteiger partial charge in [-0.2, -0.15) is 0 Å². The Hall–Kier alpha value is -1.66. The molecule has 2 rings (SSSR count). The van der Waals surface area contributed by atoms with Crippen molar-refractivity contribution in [3.8, 4) is 11.5 Å². The third-order valence-corrected chi connectivity index (χ3v) is 5.66. The number of rotatable bonds is 5. The van der Waals surface area contributed by atoms with Gasteiger partial charge in [0.2, 0.25) is 0 Å². The van der Waals surface area contributed by atoms with E-state index in [9.17, 15) is 19.8 Å². The Balaban J connectivity index is 2.15. The van der Waals surface area contributed by atoms with Gasteiger partial charge in [-0.3, -0.25) is 9.59 Å². The summed E-state index contributed by atoms with van der Waals surface area (Å²) in [6.45, 7) is 0. The molecule has 4 nitrogen and oxygen atoms in total. The number of aromatic hydroxyl groups is 2. The Morgan fingerprint density at radius 1 is 0.682 bits per heavy atom. The smallest absolute Gasteiger partial charge is 0.178 e. The zero-order valence-electron chi connectivity index (χ0n) is 11.2. The summed E-state index contributed by atoms with van der Waals surface area (Å²) in [5, 5.41) is 18.5. The van der Waals surface area contributed by atoms with E-state index in [2.05, 4.69) is 31.9 Å². The van der Waals surface area contributed by atoms with Crippen LogP contribution in [0.1, 0.15) is 20.7 Å². The average molecular weight is 428 g/mol. The van der Waals surface area contributed by atoms with E-state index < -0.39 is 9.65 Å². The van der Waals surface area contributed by atoms with Gasteiger partial charge in [0.05, 0.1) is 9.65 Å². The van der Waals surface area contributed by atoms with Crippen LogP contribution in [0.5, 0.6) is 11.5 Å². The predicted octanol–water partition coefficient (Wildman–Crippen LogP) is 3.69. The molecule has 2 atom stereocenters. The number of hydrogen-bond donors (Lipinski definition) is 2. The lowest BCUT2D eigenvalue weighted by atomic mass is 10.0. The fraction of sp³-hybridized carbons (Fsp3) is 0.125. The lowest BCUT2D eigenvalue weighted by Gasteiger charge is -2.15. The largest absolute Gasteiger partial charge is 0.508 e. The van der Waals surface area contributed by atoms with Gasteiger partial charge in [-0.25, -0.2) is 0 Å². The predicted molar refractivity (Wildman–Crippen MR) is 90.3 cm³/mol. The Bertz CT molecular complexity index is 619. The fourth-order valence-electron chi connectivity index (χ4n) is 1.84. The highest BCUT2D eigenvalue weighted by molar-refractivity contribution is 9.12. The van der Waals surface area contributed by atoms with Crippen molar-refractivity contribution in [2.75, 3.05) is 0 Å². The van der Waals surface area contributed by atoms with E-state index in [1.165, 1.54) is 48.5 Å². The van der Waals surface area contributed by atoms with Crippen molar-refractivity contribution in [1.82, 2.24) is 0 Å². The average Bonchev–Trinajstić information content (AvgIpc) is 2.53. The van der Waals surface area contributed by atoms with Gasteiger partial charge in [-0.1, -0.05) is 31.9 Å². The molecule has 0 aliphatic heterocycles. The molecule has 114 valence electrons. The van der Waals surface area contributed by atoms with Crippen LogP contribution in [0.25, 0.3) is 0 Å². The second kappa shape index (κ2) is 7.07. The number of benzene rings is 2. The van der Waals surface area contributed by atoms with E-state index in [1.807, 2.05) is 0 Å². The summed E-state index contributed by atoms with van der Waals surface area (Å²) >= 11 is 6.49. The molecule has 0 fully saturated rings. The molecule has 0 aliphatic carbocycles. The zero-order valence-corrected chi connectivity index (χ0v) is 14.4. The van der Waals surface area contributed by atoms with E-state index in [-0.39, 0.29) is 23.1 Å².